The molecule has 1 aliphatic heterocycles. The van der Waals surface area contributed by atoms with Gasteiger partial charge in [0.25, 0.3) is 5.91 Å². The number of hydrogen-bond acceptors (Lipinski definition) is 6. The zero-order chi connectivity index (χ0) is 21.1. The van der Waals surface area contributed by atoms with E-state index in [9.17, 15) is 9.90 Å². The zero-order valence-corrected chi connectivity index (χ0v) is 17.1. The Kier molecular flexibility index (Phi) is 5.72. The highest BCUT2D eigenvalue weighted by Crippen LogP contribution is 2.33. The van der Waals surface area contributed by atoms with Gasteiger partial charge in [0.2, 0.25) is 0 Å². The lowest BCUT2D eigenvalue weighted by atomic mass is 10.0. The van der Waals surface area contributed by atoms with Crippen molar-refractivity contribution in [2.75, 3.05) is 40.0 Å². The number of carbonyl (C=O) groups is 1. The second kappa shape index (κ2) is 8.59. The molecule has 0 spiro atoms. The molecule has 4 rings (SSSR count). The normalized spacial score (nSPS) is 14.0. The topological polar surface area (TPSA) is 81.1 Å². The minimum absolute atomic E-state index is 0.0533. The molecule has 0 atom stereocenters. The number of ether oxygens (including phenoxy) is 3. The molecular weight excluding hydrogens is 384 g/mol. The predicted molar refractivity (Wildman–Crippen MR) is 113 cm³/mol. The van der Waals surface area contributed by atoms with Crippen molar-refractivity contribution in [3.05, 3.63) is 48.0 Å². The summed E-state index contributed by atoms with van der Waals surface area (Å²) in [4.78, 5) is 18.7. The number of phenols is 1. The Morgan fingerprint density at radius 2 is 1.93 bits per heavy atom. The molecule has 7 nitrogen and oxygen atoms in total. The summed E-state index contributed by atoms with van der Waals surface area (Å²) in [5, 5.41) is 10.8. The lowest BCUT2D eigenvalue weighted by Gasteiger charge is -2.26. The Balaban J connectivity index is 1.56. The van der Waals surface area contributed by atoms with Crippen LogP contribution < -0.4 is 9.47 Å². The van der Waals surface area contributed by atoms with Gasteiger partial charge in [-0.2, -0.15) is 0 Å². The maximum atomic E-state index is 12.3. The van der Waals surface area contributed by atoms with Gasteiger partial charge in [0.05, 0.1) is 31.5 Å². The Morgan fingerprint density at radius 3 is 2.70 bits per heavy atom. The van der Waals surface area contributed by atoms with E-state index in [1.54, 1.807) is 30.2 Å². The van der Waals surface area contributed by atoms with Crippen molar-refractivity contribution in [3.63, 3.8) is 0 Å². The molecule has 1 N–H and O–H groups in total. The summed E-state index contributed by atoms with van der Waals surface area (Å²) in [6.45, 7) is 4.24. The van der Waals surface area contributed by atoms with E-state index in [0.717, 1.165) is 27.7 Å². The number of aryl methyl sites for hydroxylation is 1. The first kappa shape index (κ1) is 20.0. The quantitative estimate of drug-likeness (QED) is 0.699. The van der Waals surface area contributed by atoms with Gasteiger partial charge in [0.15, 0.2) is 18.1 Å². The molecule has 2 aromatic carbocycles. The standard InChI is InChI=1S/C23H24N2O5/c1-15-11-19(24-20-13-17(26)4-5-18(15)20)16-3-6-21(22(12-16)28-2)30-14-23(27)25-7-9-29-10-8-25/h3-6,11-13,26H,7-10,14H2,1-2H3. The number of hydrogen-bond donors (Lipinski definition) is 1. The van der Waals surface area contributed by atoms with E-state index >= 15 is 0 Å². The molecule has 0 aliphatic carbocycles. The molecule has 0 saturated carbocycles. The number of pyridine rings is 1. The maximum Gasteiger partial charge on any atom is 0.260 e. The van der Waals surface area contributed by atoms with Gasteiger partial charge in [0.1, 0.15) is 5.75 Å². The summed E-state index contributed by atoms with van der Waals surface area (Å²) in [6, 6.07) is 12.7. The molecule has 3 aromatic rings. The van der Waals surface area contributed by atoms with E-state index in [-0.39, 0.29) is 18.3 Å². The highest BCUT2D eigenvalue weighted by molar-refractivity contribution is 5.86. The van der Waals surface area contributed by atoms with Gasteiger partial charge in [-0.15, -0.1) is 0 Å². The fraction of sp³-hybridized carbons (Fsp3) is 0.304. The van der Waals surface area contributed by atoms with E-state index in [1.807, 2.05) is 31.2 Å². The Hall–Kier alpha value is -3.32. The van der Waals surface area contributed by atoms with Gasteiger partial charge in [-0.25, -0.2) is 4.98 Å². The van der Waals surface area contributed by atoms with Gasteiger partial charge in [-0.1, -0.05) is 0 Å². The highest BCUT2D eigenvalue weighted by Gasteiger charge is 2.18. The third kappa shape index (κ3) is 4.16. The number of morpholine rings is 1. The van der Waals surface area contributed by atoms with Crippen LogP contribution in [0, 0.1) is 6.92 Å². The molecule has 1 fully saturated rings. The lowest BCUT2D eigenvalue weighted by Crippen LogP contribution is -2.43. The molecule has 30 heavy (non-hydrogen) atoms. The van der Waals surface area contributed by atoms with Crippen LogP contribution >= 0.6 is 0 Å². The summed E-state index contributed by atoms with van der Waals surface area (Å²) in [6.07, 6.45) is 0. The van der Waals surface area contributed by atoms with E-state index in [1.165, 1.54) is 0 Å². The third-order valence-corrected chi connectivity index (χ3v) is 5.17. The molecule has 2 heterocycles. The summed E-state index contributed by atoms with van der Waals surface area (Å²) in [5.74, 6) is 1.13. The summed E-state index contributed by atoms with van der Waals surface area (Å²) < 4.78 is 16.5. The largest absolute Gasteiger partial charge is 0.508 e. The Morgan fingerprint density at radius 1 is 1.13 bits per heavy atom. The van der Waals surface area contributed by atoms with E-state index in [0.29, 0.717) is 37.8 Å². The SMILES string of the molecule is COc1cc(-c2cc(C)c3ccc(O)cc3n2)ccc1OCC(=O)N1CCOCC1. The average Bonchev–Trinajstić information content (AvgIpc) is 2.77. The fourth-order valence-electron chi connectivity index (χ4n) is 3.53. The van der Waals surface area contributed by atoms with Gasteiger partial charge in [0, 0.05) is 30.1 Å². The molecule has 1 saturated heterocycles. The van der Waals surface area contributed by atoms with Crippen LogP contribution in [0.15, 0.2) is 42.5 Å². The highest BCUT2D eigenvalue weighted by atomic mass is 16.5. The van der Waals surface area contributed by atoms with Crippen LogP contribution in [0.25, 0.3) is 22.2 Å². The van der Waals surface area contributed by atoms with Crippen molar-refractivity contribution >= 4 is 16.8 Å². The number of amides is 1. The first-order valence-electron chi connectivity index (χ1n) is 9.82. The number of fused-ring (bicyclic) bond motifs is 1. The third-order valence-electron chi connectivity index (χ3n) is 5.17. The molecule has 1 aliphatic rings. The predicted octanol–water partition coefficient (Wildman–Crippen LogP) is 3.16. The van der Waals surface area contributed by atoms with Gasteiger partial charge >= 0.3 is 0 Å². The zero-order valence-electron chi connectivity index (χ0n) is 17.1. The van der Waals surface area contributed by atoms with Crippen molar-refractivity contribution in [2.45, 2.75) is 6.92 Å². The van der Waals surface area contributed by atoms with Crippen molar-refractivity contribution < 1.29 is 24.1 Å². The van der Waals surface area contributed by atoms with Crippen LogP contribution in [-0.2, 0) is 9.53 Å². The number of nitrogens with zero attached hydrogens (tertiary/aromatic N) is 2. The lowest BCUT2D eigenvalue weighted by molar-refractivity contribution is -0.137. The van der Waals surface area contributed by atoms with Gasteiger partial charge in [-0.3, -0.25) is 4.79 Å². The number of carbonyl (C=O) groups excluding carboxylic acids is 1. The molecule has 1 aromatic heterocycles. The number of phenolic OH excluding ortho intramolecular Hbond substituents is 1. The van der Waals surface area contributed by atoms with Crippen LogP contribution in [-0.4, -0.2) is 60.9 Å². The molecule has 0 unspecified atom stereocenters. The molecular formula is C23H24N2O5. The molecule has 0 bridgehead atoms. The van der Waals surface area contributed by atoms with Crippen molar-refractivity contribution in [1.82, 2.24) is 9.88 Å². The van der Waals surface area contributed by atoms with E-state index in [4.69, 9.17) is 14.2 Å². The molecule has 7 heteroatoms. The van der Waals surface area contributed by atoms with Crippen LogP contribution in [0.1, 0.15) is 5.56 Å². The molecule has 1 amide bonds. The number of benzene rings is 2. The van der Waals surface area contributed by atoms with Crippen LogP contribution in [0.5, 0.6) is 17.2 Å². The summed E-state index contributed by atoms with van der Waals surface area (Å²) >= 11 is 0. The second-order valence-electron chi connectivity index (χ2n) is 7.17. The van der Waals surface area contributed by atoms with Gasteiger partial charge in [-0.05, 0) is 48.9 Å². The van der Waals surface area contributed by atoms with Crippen molar-refractivity contribution in [3.8, 4) is 28.5 Å². The van der Waals surface area contributed by atoms with E-state index < -0.39 is 0 Å². The number of aromatic hydroxyl groups is 1. The minimum atomic E-state index is -0.0731. The second-order valence-corrected chi connectivity index (χ2v) is 7.17. The monoisotopic (exact) mass is 408 g/mol. The smallest absolute Gasteiger partial charge is 0.260 e. The van der Waals surface area contributed by atoms with E-state index in [2.05, 4.69) is 4.98 Å². The summed E-state index contributed by atoms with van der Waals surface area (Å²) in [7, 11) is 1.56. The maximum absolute atomic E-state index is 12.3. The van der Waals surface area contributed by atoms with Gasteiger partial charge < -0.3 is 24.2 Å². The number of rotatable bonds is 5. The Bertz CT molecular complexity index is 1080. The molecule has 0 radical (unpaired) electrons. The summed E-state index contributed by atoms with van der Waals surface area (Å²) in [5.41, 5.74) is 3.40. The molecule has 156 valence electrons. The average molecular weight is 408 g/mol. The Labute approximate surface area is 174 Å². The number of aromatic nitrogens is 1. The first-order valence-corrected chi connectivity index (χ1v) is 9.82. The first-order chi connectivity index (χ1) is 14.5. The minimum Gasteiger partial charge on any atom is -0.508 e. The van der Waals surface area contributed by atoms with Crippen LogP contribution in [0.2, 0.25) is 0 Å². The fourth-order valence-corrected chi connectivity index (χ4v) is 3.53. The van der Waals surface area contributed by atoms with Crippen molar-refractivity contribution in [2.24, 2.45) is 0 Å². The number of methoxy groups -OCH3 is 1. The van der Waals surface area contributed by atoms with Crippen LogP contribution in [0.3, 0.4) is 0 Å². The van der Waals surface area contributed by atoms with Crippen LogP contribution in [0.4, 0.5) is 0 Å². The van der Waals surface area contributed by atoms with Crippen molar-refractivity contribution in [1.29, 1.82) is 0 Å².